The molecule has 0 aliphatic heterocycles. The van der Waals surface area contributed by atoms with Crippen LogP contribution in [0.3, 0.4) is 0 Å². The van der Waals surface area contributed by atoms with Crippen molar-refractivity contribution in [2.45, 2.75) is 33.4 Å². The quantitative estimate of drug-likeness (QED) is 0.650. The van der Waals surface area contributed by atoms with E-state index in [1.54, 1.807) is 0 Å². The SMILES string of the molecule is Cc1ccc(CNC(=O)CCn2c(-c3cccc(C)c3)n[nH]c2=S)cc1. The van der Waals surface area contributed by atoms with Crippen molar-refractivity contribution in [1.82, 2.24) is 20.1 Å². The van der Waals surface area contributed by atoms with Crippen LogP contribution in [0.2, 0.25) is 0 Å². The smallest absolute Gasteiger partial charge is 0.222 e. The number of carbonyl (C=O) groups excluding carboxylic acids is 1. The van der Waals surface area contributed by atoms with Gasteiger partial charge in [-0.15, -0.1) is 0 Å². The van der Waals surface area contributed by atoms with E-state index >= 15 is 0 Å². The first-order chi connectivity index (χ1) is 12.5. The first-order valence-corrected chi connectivity index (χ1v) is 8.98. The number of carbonyl (C=O) groups is 1. The van der Waals surface area contributed by atoms with Crippen LogP contribution in [0.5, 0.6) is 0 Å². The highest BCUT2D eigenvalue weighted by molar-refractivity contribution is 7.71. The van der Waals surface area contributed by atoms with Gasteiger partial charge in [-0.3, -0.25) is 14.5 Å². The zero-order chi connectivity index (χ0) is 18.5. The number of rotatable bonds is 6. The summed E-state index contributed by atoms with van der Waals surface area (Å²) in [5.74, 6) is 0.744. The topological polar surface area (TPSA) is 62.7 Å². The van der Waals surface area contributed by atoms with Gasteiger partial charge in [0.1, 0.15) is 0 Å². The first-order valence-electron chi connectivity index (χ1n) is 8.57. The van der Waals surface area contributed by atoms with Gasteiger partial charge >= 0.3 is 0 Å². The number of aryl methyl sites for hydroxylation is 2. The van der Waals surface area contributed by atoms with Crippen LogP contribution in [0.25, 0.3) is 11.4 Å². The van der Waals surface area contributed by atoms with Crippen molar-refractivity contribution in [3.63, 3.8) is 0 Å². The van der Waals surface area contributed by atoms with Gasteiger partial charge in [0.05, 0.1) is 0 Å². The minimum Gasteiger partial charge on any atom is -0.352 e. The van der Waals surface area contributed by atoms with Gasteiger partial charge in [-0.05, 0) is 37.7 Å². The molecule has 0 spiro atoms. The van der Waals surface area contributed by atoms with Gasteiger partial charge in [-0.25, -0.2) is 0 Å². The number of H-pyrrole nitrogens is 1. The van der Waals surface area contributed by atoms with Crippen LogP contribution in [0, 0.1) is 18.6 Å². The molecule has 3 rings (SSSR count). The van der Waals surface area contributed by atoms with Gasteiger partial charge in [-0.2, -0.15) is 5.10 Å². The monoisotopic (exact) mass is 366 g/mol. The van der Waals surface area contributed by atoms with E-state index < -0.39 is 0 Å². The van der Waals surface area contributed by atoms with Gasteiger partial charge in [0.2, 0.25) is 5.91 Å². The Kier molecular flexibility index (Phi) is 5.63. The van der Waals surface area contributed by atoms with Crippen molar-refractivity contribution in [3.8, 4) is 11.4 Å². The average molecular weight is 366 g/mol. The summed E-state index contributed by atoms with van der Waals surface area (Å²) < 4.78 is 2.39. The van der Waals surface area contributed by atoms with E-state index in [2.05, 4.69) is 21.6 Å². The van der Waals surface area contributed by atoms with E-state index in [1.807, 2.05) is 60.9 Å². The Morgan fingerprint density at radius 3 is 2.65 bits per heavy atom. The summed E-state index contributed by atoms with van der Waals surface area (Å²) in [5, 5.41) is 10.1. The zero-order valence-electron chi connectivity index (χ0n) is 15.0. The molecule has 3 aromatic rings. The molecule has 2 aromatic carbocycles. The lowest BCUT2D eigenvalue weighted by molar-refractivity contribution is -0.121. The lowest BCUT2D eigenvalue weighted by atomic mass is 10.1. The number of hydrogen-bond acceptors (Lipinski definition) is 3. The molecule has 0 saturated carbocycles. The van der Waals surface area contributed by atoms with Gasteiger partial charge in [-0.1, -0.05) is 53.6 Å². The van der Waals surface area contributed by atoms with Crippen molar-refractivity contribution in [1.29, 1.82) is 0 Å². The number of nitrogens with zero attached hydrogens (tertiary/aromatic N) is 2. The summed E-state index contributed by atoms with van der Waals surface area (Å²) in [6, 6.07) is 16.2. The zero-order valence-corrected chi connectivity index (χ0v) is 15.8. The van der Waals surface area contributed by atoms with E-state index in [0.717, 1.165) is 22.5 Å². The standard InChI is InChI=1S/C20H22N4OS/c1-14-6-8-16(9-7-14)13-21-18(25)10-11-24-19(22-23-20(24)26)17-5-3-4-15(2)12-17/h3-9,12H,10-11,13H2,1-2H3,(H,21,25)(H,23,26). The van der Waals surface area contributed by atoms with E-state index in [9.17, 15) is 4.79 Å². The predicted molar refractivity (Wildman–Crippen MR) is 105 cm³/mol. The largest absolute Gasteiger partial charge is 0.352 e. The molecule has 0 radical (unpaired) electrons. The number of aromatic amines is 1. The molecule has 0 fully saturated rings. The summed E-state index contributed by atoms with van der Waals surface area (Å²) in [4.78, 5) is 12.2. The van der Waals surface area contributed by atoms with Gasteiger partial charge < -0.3 is 5.32 Å². The van der Waals surface area contributed by atoms with Gasteiger partial charge in [0.15, 0.2) is 10.6 Å². The molecule has 0 unspecified atom stereocenters. The second-order valence-electron chi connectivity index (χ2n) is 6.39. The third kappa shape index (κ3) is 4.46. The van der Waals surface area contributed by atoms with Gasteiger partial charge in [0.25, 0.3) is 0 Å². The third-order valence-corrected chi connectivity index (χ3v) is 4.52. The summed E-state index contributed by atoms with van der Waals surface area (Å²) >= 11 is 5.32. The molecular weight excluding hydrogens is 344 g/mol. The highest BCUT2D eigenvalue weighted by Gasteiger charge is 2.11. The molecule has 1 heterocycles. The Labute approximate surface area is 158 Å². The number of nitrogens with one attached hydrogen (secondary N) is 2. The van der Waals surface area contributed by atoms with Crippen molar-refractivity contribution >= 4 is 18.1 Å². The number of amides is 1. The minimum atomic E-state index is -0.0103. The van der Waals surface area contributed by atoms with Crippen LogP contribution < -0.4 is 5.32 Å². The molecule has 2 N–H and O–H groups in total. The fourth-order valence-corrected chi connectivity index (χ4v) is 2.96. The molecule has 6 heteroatoms. The van der Waals surface area contributed by atoms with Crippen molar-refractivity contribution < 1.29 is 4.79 Å². The Balaban J connectivity index is 1.62. The molecule has 1 amide bonds. The van der Waals surface area contributed by atoms with Crippen molar-refractivity contribution in [2.75, 3.05) is 0 Å². The number of hydrogen-bond donors (Lipinski definition) is 2. The summed E-state index contributed by atoms with van der Waals surface area (Å²) in [6.07, 6.45) is 0.346. The minimum absolute atomic E-state index is 0.0103. The van der Waals surface area contributed by atoms with Crippen molar-refractivity contribution in [2.24, 2.45) is 0 Å². The fraction of sp³-hybridized carbons (Fsp3) is 0.250. The van der Waals surface area contributed by atoms with Crippen LogP contribution >= 0.6 is 12.2 Å². The number of aromatic nitrogens is 3. The maximum absolute atomic E-state index is 12.2. The fourth-order valence-electron chi connectivity index (χ4n) is 2.74. The Hall–Kier alpha value is -2.73. The Morgan fingerprint density at radius 1 is 1.15 bits per heavy atom. The molecule has 1 aromatic heterocycles. The molecule has 0 aliphatic carbocycles. The van der Waals surface area contributed by atoms with Crippen LogP contribution in [0.1, 0.15) is 23.1 Å². The van der Waals surface area contributed by atoms with E-state index in [1.165, 1.54) is 5.56 Å². The third-order valence-electron chi connectivity index (χ3n) is 4.21. The molecule has 0 bridgehead atoms. The Morgan fingerprint density at radius 2 is 1.92 bits per heavy atom. The first kappa shape index (κ1) is 18.1. The second kappa shape index (κ2) is 8.10. The molecule has 134 valence electrons. The molecule has 0 aliphatic rings. The number of benzene rings is 2. The van der Waals surface area contributed by atoms with E-state index in [0.29, 0.717) is 24.3 Å². The normalized spacial score (nSPS) is 10.7. The van der Waals surface area contributed by atoms with E-state index in [4.69, 9.17) is 12.2 Å². The summed E-state index contributed by atoms with van der Waals surface area (Å²) in [5.41, 5.74) is 4.43. The average Bonchev–Trinajstić information content (AvgIpc) is 3.00. The molecule has 0 atom stereocenters. The van der Waals surface area contributed by atoms with Crippen LogP contribution in [-0.2, 0) is 17.9 Å². The summed E-state index contributed by atoms with van der Waals surface area (Å²) in [7, 11) is 0. The Bertz CT molecular complexity index is 956. The molecule has 5 nitrogen and oxygen atoms in total. The maximum atomic E-state index is 12.2. The molecule has 26 heavy (non-hydrogen) atoms. The summed E-state index contributed by atoms with van der Waals surface area (Å²) in [6.45, 7) is 5.09. The molecular formula is C20H22N4OS. The highest BCUT2D eigenvalue weighted by atomic mass is 32.1. The second-order valence-corrected chi connectivity index (χ2v) is 6.77. The highest BCUT2D eigenvalue weighted by Crippen LogP contribution is 2.18. The van der Waals surface area contributed by atoms with E-state index in [-0.39, 0.29) is 5.91 Å². The van der Waals surface area contributed by atoms with Crippen LogP contribution in [-0.4, -0.2) is 20.7 Å². The van der Waals surface area contributed by atoms with Crippen molar-refractivity contribution in [3.05, 3.63) is 70.0 Å². The lowest BCUT2D eigenvalue weighted by Crippen LogP contribution is -2.24. The lowest BCUT2D eigenvalue weighted by Gasteiger charge is -2.09. The molecule has 0 saturated heterocycles. The maximum Gasteiger partial charge on any atom is 0.222 e. The van der Waals surface area contributed by atoms with Gasteiger partial charge in [0, 0.05) is 25.1 Å². The predicted octanol–water partition coefficient (Wildman–Crippen LogP) is 3.93. The van der Waals surface area contributed by atoms with Crippen LogP contribution in [0.4, 0.5) is 0 Å². The van der Waals surface area contributed by atoms with Crippen LogP contribution in [0.15, 0.2) is 48.5 Å².